The lowest BCUT2D eigenvalue weighted by Gasteiger charge is -2.40. The number of carbonyl (C=O) groups excluding carboxylic acids is 1. The molecule has 0 N–H and O–H groups in total. The predicted octanol–water partition coefficient (Wildman–Crippen LogP) is 4.07. The fraction of sp³-hybridized carbons (Fsp3) is 0.533. The minimum Gasteiger partial charge on any atom is -0.295 e. The van der Waals surface area contributed by atoms with Crippen LogP contribution < -0.4 is 0 Å². The number of rotatable bonds is 2. The first kappa shape index (κ1) is 13.0. The molecule has 1 heteroatoms. The maximum absolute atomic E-state index is 12.0. The third-order valence-electron chi connectivity index (χ3n) is 3.75. The quantitative estimate of drug-likeness (QED) is 0.504. The Kier molecular flexibility index (Phi) is 3.57. The Morgan fingerprint density at radius 1 is 1.44 bits per heavy atom. The van der Waals surface area contributed by atoms with E-state index in [-0.39, 0.29) is 11.2 Å². The lowest BCUT2D eigenvalue weighted by atomic mass is 9.63. The molecule has 0 saturated heterocycles. The number of hydrogen-bond acceptors (Lipinski definition) is 1. The zero-order valence-electron chi connectivity index (χ0n) is 10.9. The van der Waals surface area contributed by atoms with Gasteiger partial charge >= 0.3 is 0 Å². The fourth-order valence-corrected chi connectivity index (χ4v) is 2.56. The zero-order chi connectivity index (χ0) is 12.5. The van der Waals surface area contributed by atoms with Gasteiger partial charge < -0.3 is 0 Å². The first-order chi connectivity index (χ1) is 7.31. The summed E-state index contributed by atoms with van der Waals surface area (Å²) in [4.78, 5) is 12.0. The van der Waals surface area contributed by atoms with Gasteiger partial charge in [0.2, 0.25) is 0 Å². The lowest BCUT2D eigenvalue weighted by molar-refractivity contribution is -0.119. The van der Waals surface area contributed by atoms with Crippen molar-refractivity contribution in [2.24, 2.45) is 11.3 Å². The van der Waals surface area contributed by atoms with Gasteiger partial charge in [-0.05, 0) is 44.1 Å². The molecular weight excluding hydrogens is 196 g/mol. The molecule has 0 aromatic heterocycles. The smallest absolute Gasteiger partial charge is 0.159 e. The monoisotopic (exact) mass is 218 g/mol. The van der Waals surface area contributed by atoms with Crippen LogP contribution in [0.4, 0.5) is 0 Å². The van der Waals surface area contributed by atoms with Crippen molar-refractivity contribution in [3.63, 3.8) is 0 Å². The van der Waals surface area contributed by atoms with Crippen LogP contribution in [-0.2, 0) is 4.79 Å². The van der Waals surface area contributed by atoms with Gasteiger partial charge in [0, 0.05) is 6.42 Å². The standard InChI is InChI=1S/C15H22O/c1-7-15(6)9-14(16)12(10(2)3)8-13(15)11(4)5/h7,13H,1,4,8-9H2,2-3,5-6H3/t13-,15+/m0/s1. The first-order valence-electron chi connectivity index (χ1n) is 5.80. The van der Waals surface area contributed by atoms with Crippen LogP contribution in [0.3, 0.4) is 0 Å². The van der Waals surface area contributed by atoms with E-state index in [1.165, 1.54) is 0 Å². The van der Waals surface area contributed by atoms with Crippen LogP contribution in [0, 0.1) is 11.3 Å². The minimum atomic E-state index is -0.123. The summed E-state index contributed by atoms with van der Waals surface area (Å²) >= 11 is 0. The van der Waals surface area contributed by atoms with Gasteiger partial charge in [0.1, 0.15) is 0 Å². The van der Waals surface area contributed by atoms with E-state index in [9.17, 15) is 4.79 Å². The van der Waals surface area contributed by atoms with Gasteiger partial charge in [-0.25, -0.2) is 0 Å². The van der Waals surface area contributed by atoms with E-state index in [1.54, 1.807) is 0 Å². The van der Waals surface area contributed by atoms with Crippen molar-refractivity contribution in [1.82, 2.24) is 0 Å². The molecule has 1 nitrogen and oxygen atoms in total. The molecule has 1 rings (SSSR count). The summed E-state index contributed by atoms with van der Waals surface area (Å²) in [6, 6.07) is 0. The summed E-state index contributed by atoms with van der Waals surface area (Å²) in [5.41, 5.74) is 3.16. The summed E-state index contributed by atoms with van der Waals surface area (Å²) < 4.78 is 0. The Morgan fingerprint density at radius 3 is 2.38 bits per heavy atom. The Hall–Kier alpha value is -1.11. The molecule has 2 atom stereocenters. The summed E-state index contributed by atoms with van der Waals surface area (Å²) in [7, 11) is 0. The number of ketones is 1. The number of allylic oxidation sites excluding steroid dienone is 4. The van der Waals surface area contributed by atoms with Crippen molar-refractivity contribution in [2.45, 2.75) is 40.5 Å². The molecule has 0 bridgehead atoms. The molecule has 0 aliphatic heterocycles. The molecule has 0 spiro atoms. The van der Waals surface area contributed by atoms with Crippen molar-refractivity contribution in [3.05, 3.63) is 36.0 Å². The van der Waals surface area contributed by atoms with Crippen molar-refractivity contribution in [2.75, 3.05) is 0 Å². The average Bonchev–Trinajstić information content (AvgIpc) is 2.16. The van der Waals surface area contributed by atoms with Crippen LogP contribution in [-0.4, -0.2) is 5.78 Å². The van der Waals surface area contributed by atoms with Gasteiger partial charge in [-0.2, -0.15) is 0 Å². The Morgan fingerprint density at radius 2 is 2.00 bits per heavy atom. The highest BCUT2D eigenvalue weighted by Gasteiger charge is 2.40. The van der Waals surface area contributed by atoms with Gasteiger partial charge in [0.05, 0.1) is 0 Å². The molecule has 1 fully saturated rings. The molecule has 0 aromatic carbocycles. The molecule has 1 aliphatic rings. The van der Waals surface area contributed by atoms with Gasteiger partial charge in [-0.3, -0.25) is 4.79 Å². The highest BCUT2D eigenvalue weighted by atomic mass is 16.1. The SMILES string of the molecule is C=C[C@]1(C)CC(=O)C(=C(C)C)C[C@H]1C(=C)C. The van der Waals surface area contributed by atoms with Crippen LogP contribution >= 0.6 is 0 Å². The van der Waals surface area contributed by atoms with E-state index in [0.717, 1.165) is 23.1 Å². The summed E-state index contributed by atoms with van der Waals surface area (Å²) in [5, 5.41) is 0. The first-order valence-corrected chi connectivity index (χ1v) is 5.80. The fourth-order valence-electron chi connectivity index (χ4n) is 2.56. The highest BCUT2D eigenvalue weighted by molar-refractivity contribution is 5.97. The molecular formula is C15H22O. The van der Waals surface area contributed by atoms with Gasteiger partial charge in [-0.1, -0.05) is 30.7 Å². The van der Waals surface area contributed by atoms with Crippen LogP contribution in [0.15, 0.2) is 36.0 Å². The van der Waals surface area contributed by atoms with E-state index in [0.29, 0.717) is 12.3 Å². The van der Waals surface area contributed by atoms with E-state index in [4.69, 9.17) is 0 Å². The molecule has 0 radical (unpaired) electrons. The highest BCUT2D eigenvalue weighted by Crippen LogP contribution is 2.46. The second-order valence-electron chi connectivity index (χ2n) is 5.39. The number of hydrogen-bond donors (Lipinski definition) is 0. The molecule has 1 aliphatic carbocycles. The van der Waals surface area contributed by atoms with E-state index in [1.807, 2.05) is 26.8 Å². The molecule has 0 amide bonds. The number of Topliss-reactive ketones (excluding diaryl/α,β-unsaturated/α-hetero) is 1. The maximum atomic E-state index is 12.0. The second-order valence-corrected chi connectivity index (χ2v) is 5.39. The van der Waals surface area contributed by atoms with Gasteiger partial charge in [0.25, 0.3) is 0 Å². The largest absolute Gasteiger partial charge is 0.295 e. The molecule has 1 saturated carbocycles. The summed E-state index contributed by atoms with van der Waals surface area (Å²) in [5.74, 6) is 0.618. The lowest BCUT2D eigenvalue weighted by Crippen LogP contribution is -2.35. The molecule has 0 aromatic rings. The minimum absolute atomic E-state index is 0.123. The molecule has 0 unspecified atom stereocenters. The summed E-state index contributed by atoms with van der Waals surface area (Å²) in [6.45, 7) is 16.1. The third-order valence-corrected chi connectivity index (χ3v) is 3.75. The Bertz CT molecular complexity index is 369. The van der Waals surface area contributed by atoms with E-state index in [2.05, 4.69) is 20.1 Å². The van der Waals surface area contributed by atoms with Crippen molar-refractivity contribution < 1.29 is 4.79 Å². The maximum Gasteiger partial charge on any atom is 0.159 e. The van der Waals surface area contributed by atoms with Gasteiger partial charge in [-0.15, -0.1) is 6.58 Å². The van der Waals surface area contributed by atoms with Crippen LogP contribution in [0.1, 0.15) is 40.5 Å². The zero-order valence-corrected chi connectivity index (χ0v) is 10.9. The van der Waals surface area contributed by atoms with Crippen molar-refractivity contribution in [3.8, 4) is 0 Å². The Balaban J connectivity index is 3.15. The number of carbonyl (C=O) groups is 1. The average molecular weight is 218 g/mol. The third kappa shape index (κ3) is 2.18. The van der Waals surface area contributed by atoms with E-state index < -0.39 is 0 Å². The Labute approximate surface area is 98.9 Å². The van der Waals surface area contributed by atoms with E-state index >= 15 is 0 Å². The normalized spacial score (nSPS) is 30.1. The topological polar surface area (TPSA) is 17.1 Å². The molecule has 16 heavy (non-hydrogen) atoms. The van der Waals surface area contributed by atoms with Crippen LogP contribution in [0.5, 0.6) is 0 Å². The molecule has 0 heterocycles. The predicted molar refractivity (Wildman–Crippen MR) is 69.2 cm³/mol. The molecule has 88 valence electrons. The van der Waals surface area contributed by atoms with Crippen molar-refractivity contribution in [1.29, 1.82) is 0 Å². The summed E-state index contributed by atoms with van der Waals surface area (Å²) in [6.07, 6.45) is 3.31. The van der Waals surface area contributed by atoms with Crippen LogP contribution in [0.25, 0.3) is 0 Å². The van der Waals surface area contributed by atoms with Gasteiger partial charge in [0.15, 0.2) is 5.78 Å². The second kappa shape index (κ2) is 4.40. The van der Waals surface area contributed by atoms with Crippen LogP contribution in [0.2, 0.25) is 0 Å². The van der Waals surface area contributed by atoms with Crippen molar-refractivity contribution >= 4 is 5.78 Å².